The summed E-state index contributed by atoms with van der Waals surface area (Å²) in [5, 5.41) is 0. The van der Waals surface area contributed by atoms with Crippen molar-refractivity contribution in [2.75, 3.05) is 20.8 Å². The van der Waals surface area contributed by atoms with E-state index in [0.717, 1.165) is 33.5 Å². The van der Waals surface area contributed by atoms with E-state index in [9.17, 15) is 0 Å². The van der Waals surface area contributed by atoms with Crippen LogP contribution in [0.5, 0.6) is 5.88 Å². The summed E-state index contributed by atoms with van der Waals surface area (Å²) in [6.07, 6.45) is 2.07. The van der Waals surface area contributed by atoms with E-state index < -0.39 is 0 Å². The maximum Gasteiger partial charge on any atom is 0.222 e. The van der Waals surface area contributed by atoms with Gasteiger partial charge in [-0.15, -0.1) is 0 Å². The summed E-state index contributed by atoms with van der Waals surface area (Å²) in [6.45, 7) is 9.14. The summed E-state index contributed by atoms with van der Waals surface area (Å²) in [5.41, 5.74) is 6.02. The van der Waals surface area contributed by atoms with E-state index in [2.05, 4.69) is 61.6 Å². The molecule has 0 aliphatic heterocycles. The largest absolute Gasteiger partial charge is 0.480 e. The van der Waals surface area contributed by atoms with Crippen LogP contribution in [0.2, 0.25) is 0 Å². The second-order valence-corrected chi connectivity index (χ2v) is 7.03. The van der Waals surface area contributed by atoms with Crippen molar-refractivity contribution in [3.05, 3.63) is 41.7 Å². The molecule has 1 atom stereocenters. The van der Waals surface area contributed by atoms with Crippen LogP contribution in [0.1, 0.15) is 44.0 Å². The molecule has 3 rings (SSSR count). The van der Waals surface area contributed by atoms with Crippen LogP contribution in [-0.4, -0.2) is 35.4 Å². The van der Waals surface area contributed by atoms with E-state index >= 15 is 0 Å². The third-order valence-electron chi connectivity index (χ3n) is 4.70. The van der Waals surface area contributed by atoms with Gasteiger partial charge in [-0.3, -0.25) is 0 Å². The van der Waals surface area contributed by atoms with Crippen LogP contribution in [-0.2, 0) is 4.74 Å². The monoisotopic (exact) mass is 353 g/mol. The number of hydrogen-bond acceptors (Lipinski definition) is 4. The lowest BCUT2D eigenvalue weighted by atomic mass is 10.0. The average molecular weight is 353 g/mol. The highest BCUT2D eigenvalue weighted by Crippen LogP contribution is 2.33. The van der Waals surface area contributed by atoms with Crippen LogP contribution >= 0.6 is 0 Å². The molecule has 3 heterocycles. The number of hydrogen-bond donors (Lipinski definition) is 0. The van der Waals surface area contributed by atoms with Gasteiger partial charge in [0.1, 0.15) is 0 Å². The van der Waals surface area contributed by atoms with Gasteiger partial charge in [0.15, 0.2) is 0 Å². The minimum atomic E-state index is 0.256. The van der Waals surface area contributed by atoms with Gasteiger partial charge >= 0.3 is 0 Å². The molecule has 0 radical (unpaired) electrons. The van der Waals surface area contributed by atoms with Crippen molar-refractivity contribution in [1.29, 1.82) is 0 Å². The van der Waals surface area contributed by atoms with Crippen molar-refractivity contribution in [3.63, 3.8) is 0 Å². The summed E-state index contributed by atoms with van der Waals surface area (Å²) in [7, 11) is 3.39. The predicted molar refractivity (Wildman–Crippen MR) is 105 cm³/mol. The van der Waals surface area contributed by atoms with E-state index in [0.29, 0.717) is 18.4 Å². The lowest BCUT2D eigenvalue weighted by Gasteiger charge is -2.16. The molecular formula is C21H27N3O2. The fraction of sp³-hybridized carbons (Fsp3) is 0.429. The summed E-state index contributed by atoms with van der Waals surface area (Å²) < 4.78 is 13.1. The number of fused-ring (bicyclic) bond motifs is 1. The molecule has 0 unspecified atom stereocenters. The molecule has 138 valence electrons. The fourth-order valence-corrected chi connectivity index (χ4v) is 3.26. The molecule has 26 heavy (non-hydrogen) atoms. The molecule has 0 N–H and O–H groups in total. The molecule has 0 aliphatic rings. The van der Waals surface area contributed by atoms with Crippen LogP contribution in [0.4, 0.5) is 0 Å². The Hall–Kier alpha value is -2.40. The van der Waals surface area contributed by atoms with Crippen molar-refractivity contribution in [3.8, 4) is 17.1 Å². The smallest absolute Gasteiger partial charge is 0.222 e. The van der Waals surface area contributed by atoms with Crippen LogP contribution in [0.25, 0.3) is 22.3 Å². The van der Waals surface area contributed by atoms with Crippen LogP contribution in [0.3, 0.4) is 0 Å². The number of aryl methyl sites for hydroxylation is 1. The van der Waals surface area contributed by atoms with Gasteiger partial charge in [0.2, 0.25) is 5.88 Å². The Labute approximate surface area is 155 Å². The van der Waals surface area contributed by atoms with E-state index in [4.69, 9.17) is 14.5 Å². The number of aromatic nitrogens is 3. The summed E-state index contributed by atoms with van der Waals surface area (Å²) >= 11 is 0. The van der Waals surface area contributed by atoms with E-state index in [1.54, 1.807) is 14.2 Å². The lowest BCUT2D eigenvalue weighted by molar-refractivity contribution is 0.164. The number of rotatable bonds is 6. The summed E-state index contributed by atoms with van der Waals surface area (Å²) in [6, 6.07) is 8.60. The first-order valence-corrected chi connectivity index (χ1v) is 8.98. The number of methoxy groups -OCH3 is 2. The van der Waals surface area contributed by atoms with Crippen molar-refractivity contribution >= 4 is 11.0 Å². The SMILES string of the molecule is COC[C@H](C)n1ccc2nc(-c3ccc(C(C)C)nc3OC)c(C)cc21. The third kappa shape index (κ3) is 3.31. The summed E-state index contributed by atoms with van der Waals surface area (Å²) in [4.78, 5) is 9.57. The Morgan fingerprint density at radius 2 is 1.85 bits per heavy atom. The molecule has 0 bridgehead atoms. The molecule has 5 nitrogen and oxygen atoms in total. The molecule has 0 saturated carbocycles. The number of ether oxygens (including phenoxy) is 2. The van der Waals surface area contributed by atoms with Gasteiger partial charge in [-0.25, -0.2) is 9.97 Å². The molecule has 0 amide bonds. The molecule has 5 heteroatoms. The zero-order valence-corrected chi connectivity index (χ0v) is 16.4. The van der Waals surface area contributed by atoms with Crippen molar-refractivity contribution < 1.29 is 9.47 Å². The van der Waals surface area contributed by atoms with Crippen molar-refractivity contribution in [2.24, 2.45) is 0 Å². The van der Waals surface area contributed by atoms with Gasteiger partial charge in [-0.05, 0) is 49.6 Å². The van der Waals surface area contributed by atoms with Gasteiger partial charge in [-0.2, -0.15) is 0 Å². The van der Waals surface area contributed by atoms with Crippen LogP contribution in [0.15, 0.2) is 30.5 Å². The van der Waals surface area contributed by atoms with Gasteiger partial charge in [0.05, 0.1) is 42.0 Å². The molecule has 3 aromatic heterocycles. The van der Waals surface area contributed by atoms with Gasteiger partial charge in [0.25, 0.3) is 0 Å². The Kier molecular flexibility index (Phi) is 5.28. The Bertz CT molecular complexity index is 915. The normalized spacial score (nSPS) is 12.7. The van der Waals surface area contributed by atoms with Crippen molar-refractivity contribution in [1.82, 2.24) is 14.5 Å². The molecule has 0 fully saturated rings. The Morgan fingerprint density at radius 1 is 1.08 bits per heavy atom. The number of pyridine rings is 2. The second kappa shape index (κ2) is 7.46. The first kappa shape index (κ1) is 18.4. The molecule has 0 saturated heterocycles. The average Bonchev–Trinajstić information content (AvgIpc) is 3.03. The maximum absolute atomic E-state index is 5.56. The van der Waals surface area contributed by atoms with Gasteiger partial charge < -0.3 is 14.0 Å². The fourth-order valence-electron chi connectivity index (χ4n) is 3.26. The predicted octanol–water partition coefficient (Wildman–Crippen LogP) is 4.75. The first-order chi connectivity index (χ1) is 12.5. The molecule has 0 aromatic carbocycles. The third-order valence-corrected chi connectivity index (χ3v) is 4.70. The van der Waals surface area contributed by atoms with Crippen molar-refractivity contribution in [2.45, 2.75) is 39.7 Å². The van der Waals surface area contributed by atoms with Gasteiger partial charge in [-0.1, -0.05) is 13.8 Å². The minimum absolute atomic E-state index is 0.256. The Balaban J connectivity index is 2.11. The van der Waals surface area contributed by atoms with E-state index in [-0.39, 0.29) is 6.04 Å². The van der Waals surface area contributed by atoms with E-state index in [1.807, 2.05) is 6.07 Å². The van der Waals surface area contributed by atoms with Gasteiger partial charge in [0, 0.05) is 19.0 Å². The quantitative estimate of drug-likeness (QED) is 0.642. The highest BCUT2D eigenvalue weighted by atomic mass is 16.5. The van der Waals surface area contributed by atoms with Crippen LogP contribution in [0, 0.1) is 6.92 Å². The molecule has 3 aromatic rings. The Morgan fingerprint density at radius 3 is 2.50 bits per heavy atom. The topological polar surface area (TPSA) is 49.2 Å². The highest BCUT2D eigenvalue weighted by Gasteiger charge is 2.17. The molecule has 0 spiro atoms. The first-order valence-electron chi connectivity index (χ1n) is 8.98. The minimum Gasteiger partial charge on any atom is -0.480 e. The lowest BCUT2D eigenvalue weighted by Crippen LogP contribution is -2.10. The molecule has 0 aliphatic carbocycles. The summed E-state index contributed by atoms with van der Waals surface area (Å²) in [5.74, 6) is 0.976. The number of nitrogens with zero attached hydrogens (tertiary/aromatic N) is 3. The second-order valence-electron chi connectivity index (χ2n) is 7.03. The maximum atomic E-state index is 5.56. The molecular weight excluding hydrogens is 326 g/mol. The standard InChI is InChI=1S/C21H27N3O2/c1-13(2)17-8-7-16(21(23-17)26-6)20-14(3)11-19-18(22-20)9-10-24(19)15(4)12-25-5/h7-11,13,15H,12H2,1-6H3/t15-/m0/s1. The highest BCUT2D eigenvalue weighted by molar-refractivity contribution is 5.82. The zero-order chi connectivity index (χ0) is 18.8. The zero-order valence-electron chi connectivity index (χ0n) is 16.4. The van der Waals surface area contributed by atoms with Crippen LogP contribution < -0.4 is 4.74 Å². The van der Waals surface area contributed by atoms with E-state index in [1.165, 1.54) is 0 Å².